The zero-order valence-electron chi connectivity index (χ0n) is 23.8. The molecule has 206 valence electrons. The van der Waals surface area contributed by atoms with Crippen molar-refractivity contribution in [3.05, 3.63) is 0 Å². The molecule has 1 heterocycles. The molecule has 6 nitrogen and oxygen atoms in total. The van der Waals surface area contributed by atoms with E-state index < -0.39 is 0 Å². The van der Waals surface area contributed by atoms with Gasteiger partial charge in [0.25, 0.3) is 0 Å². The second-order valence-electron chi connectivity index (χ2n) is 11.0. The first kappa shape index (κ1) is 32.0. The highest BCUT2D eigenvalue weighted by Crippen LogP contribution is 2.16. The van der Waals surface area contributed by atoms with Crippen LogP contribution in [0.4, 0.5) is 0 Å². The van der Waals surface area contributed by atoms with Gasteiger partial charge in [0.15, 0.2) is 0 Å². The molecule has 1 N–H and O–H groups in total. The van der Waals surface area contributed by atoms with Crippen LogP contribution in [-0.4, -0.2) is 92.8 Å². The zero-order chi connectivity index (χ0) is 25.7. The van der Waals surface area contributed by atoms with Crippen molar-refractivity contribution >= 4 is 11.7 Å². The van der Waals surface area contributed by atoms with Gasteiger partial charge in [-0.25, -0.2) is 0 Å². The number of nitrogens with zero attached hydrogens (tertiary/aromatic N) is 3. The van der Waals surface area contributed by atoms with Crippen molar-refractivity contribution < 1.29 is 9.59 Å². The van der Waals surface area contributed by atoms with E-state index in [0.29, 0.717) is 18.2 Å². The monoisotopic (exact) mass is 494 g/mol. The van der Waals surface area contributed by atoms with Crippen LogP contribution in [0.1, 0.15) is 110 Å². The molecule has 0 aromatic rings. The van der Waals surface area contributed by atoms with Gasteiger partial charge in [-0.2, -0.15) is 0 Å². The summed E-state index contributed by atoms with van der Waals surface area (Å²) >= 11 is 0. The lowest BCUT2D eigenvalue weighted by Crippen LogP contribution is -2.39. The Labute approximate surface area is 217 Å². The fourth-order valence-corrected chi connectivity index (χ4v) is 5.09. The van der Waals surface area contributed by atoms with Crippen LogP contribution in [0.5, 0.6) is 0 Å². The van der Waals surface area contributed by atoms with E-state index >= 15 is 0 Å². The maximum absolute atomic E-state index is 12.7. The number of ketones is 1. The Hall–Kier alpha value is -0.980. The van der Waals surface area contributed by atoms with Crippen molar-refractivity contribution in [1.29, 1.82) is 0 Å². The van der Waals surface area contributed by atoms with Crippen molar-refractivity contribution in [3.63, 3.8) is 0 Å². The first-order valence-corrected chi connectivity index (χ1v) is 14.8. The molecule has 6 heteroatoms. The van der Waals surface area contributed by atoms with Crippen molar-refractivity contribution in [2.45, 2.75) is 116 Å². The summed E-state index contributed by atoms with van der Waals surface area (Å²) in [6, 6.07) is 0.336. The Bertz CT molecular complexity index is 543. The van der Waals surface area contributed by atoms with Crippen LogP contribution in [0.25, 0.3) is 0 Å². The minimum atomic E-state index is 0.212. The van der Waals surface area contributed by atoms with Gasteiger partial charge in [0.05, 0.1) is 0 Å². The second kappa shape index (κ2) is 21.1. The van der Waals surface area contributed by atoms with Crippen molar-refractivity contribution in [1.82, 2.24) is 20.0 Å². The molecule has 1 aliphatic heterocycles. The average Bonchev–Trinajstić information content (AvgIpc) is 2.82. The lowest BCUT2D eigenvalue weighted by Gasteiger charge is -2.28. The molecule has 0 radical (unpaired) electrons. The number of nitrogens with one attached hydrogen (secondary N) is 1. The maximum atomic E-state index is 12.7. The third-order valence-corrected chi connectivity index (χ3v) is 7.49. The summed E-state index contributed by atoms with van der Waals surface area (Å²) < 4.78 is 0. The fraction of sp³-hybridized carbons (Fsp3) is 0.931. The van der Waals surface area contributed by atoms with Gasteiger partial charge in [-0.05, 0) is 98.8 Å². The van der Waals surface area contributed by atoms with E-state index in [0.717, 1.165) is 77.7 Å². The van der Waals surface area contributed by atoms with Gasteiger partial charge in [-0.1, -0.05) is 45.4 Å². The van der Waals surface area contributed by atoms with E-state index in [4.69, 9.17) is 0 Å². The molecule has 0 aliphatic carbocycles. The summed E-state index contributed by atoms with van der Waals surface area (Å²) in [7, 11) is 6.64. The predicted molar refractivity (Wildman–Crippen MR) is 149 cm³/mol. The number of carbonyl (C=O) groups excluding carboxylic acids is 2. The van der Waals surface area contributed by atoms with E-state index in [2.05, 4.69) is 48.1 Å². The molecule has 0 saturated carbocycles. The molecule has 35 heavy (non-hydrogen) atoms. The highest BCUT2D eigenvalue weighted by molar-refractivity contribution is 5.78. The fourth-order valence-electron chi connectivity index (χ4n) is 5.09. The van der Waals surface area contributed by atoms with Crippen LogP contribution in [0, 0.1) is 0 Å². The summed E-state index contributed by atoms with van der Waals surface area (Å²) in [5, 5.41) is 3.18. The second-order valence-corrected chi connectivity index (χ2v) is 11.0. The van der Waals surface area contributed by atoms with Gasteiger partial charge in [0, 0.05) is 31.8 Å². The third kappa shape index (κ3) is 18.0. The molecule has 1 rings (SSSR count). The van der Waals surface area contributed by atoms with Crippen molar-refractivity contribution in [2.24, 2.45) is 0 Å². The van der Waals surface area contributed by atoms with Gasteiger partial charge >= 0.3 is 0 Å². The minimum absolute atomic E-state index is 0.212. The number of hydrogen-bond donors (Lipinski definition) is 1. The molecule has 0 bridgehead atoms. The van der Waals surface area contributed by atoms with E-state index in [1.165, 1.54) is 57.9 Å². The van der Waals surface area contributed by atoms with Gasteiger partial charge in [0.2, 0.25) is 5.91 Å². The number of unbranched alkanes of at least 4 members (excludes halogenated alkanes) is 6. The smallest absolute Gasteiger partial charge is 0.221 e. The van der Waals surface area contributed by atoms with Gasteiger partial charge in [-0.15, -0.1) is 0 Å². The largest absolute Gasteiger partial charge is 0.356 e. The predicted octanol–water partition coefficient (Wildman–Crippen LogP) is 5.11. The normalized spacial score (nSPS) is 21.5. The highest BCUT2D eigenvalue weighted by atomic mass is 16.1. The molecule has 1 amide bonds. The van der Waals surface area contributed by atoms with Gasteiger partial charge in [0.1, 0.15) is 5.78 Å². The Balaban J connectivity index is 2.36. The minimum Gasteiger partial charge on any atom is -0.356 e. The van der Waals surface area contributed by atoms with E-state index in [1.807, 2.05) is 0 Å². The number of amides is 1. The lowest BCUT2D eigenvalue weighted by molar-refractivity contribution is -0.122. The van der Waals surface area contributed by atoms with Crippen LogP contribution in [-0.2, 0) is 9.59 Å². The summed E-state index contributed by atoms with van der Waals surface area (Å²) in [4.78, 5) is 31.6. The molecule has 0 aromatic heterocycles. The molecular weight excluding hydrogens is 436 g/mol. The zero-order valence-corrected chi connectivity index (χ0v) is 23.8. The van der Waals surface area contributed by atoms with Crippen molar-refractivity contribution in [2.75, 3.05) is 60.4 Å². The molecule has 1 unspecified atom stereocenters. The SMILES string of the molecule is CCCC(=O)CCCCCCCCCC1CC(=O)NCCCN(C)CCCCN(C)CCCN1C. The van der Waals surface area contributed by atoms with Gasteiger partial charge in [-0.3, -0.25) is 9.59 Å². The van der Waals surface area contributed by atoms with Crippen LogP contribution >= 0.6 is 0 Å². The highest BCUT2D eigenvalue weighted by Gasteiger charge is 2.18. The number of carbonyl (C=O) groups is 2. The Morgan fingerprint density at radius 1 is 0.771 bits per heavy atom. The Morgan fingerprint density at radius 3 is 2.00 bits per heavy atom. The quantitative estimate of drug-likeness (QED) is 0.382. The van der Waals surface area contributed by atoms with Crippen LogP contribution in [0.2, 0.25) is 0 Å². The maximum Gasteiger partial charge on any atom is 0.221 e. The lowest BCUT2D eigenvalue weighted by atomic mass is 10.0. The summed E-state index contributed by atoms with van der Waals surface area (Å²) in [6.07, 6.45) is 17.4. The summed E-state index contributed by atoms with van der Waals surface area (Å²) in [5.41, 5.74) is 0. The number of rotatable bonds is 12. The first-order chi connectivity index (χ1) is 16.9. The Morgan fingerprint density at radius 2 is 1.34 bits per heavy atom. The molecule has 1 atom stereocenters. The molecular formula is C29H58N4O2. The average molecular weight is 495 g/mol. The molecule has 0 aromatic carbocycles. The summed E-state index contributed by atoms with van der Waals surface area (Å²) in [6.45, 7) is 8.42. The summed E-state index contributed by atoms with van der Waals surface area (Å²) in [5.74, 6) is 0.646. The number of hydrogen-bond acceptors (Lipinski definition) is 5. The Kier molecular flexibility index (Phi) is 19.4. The first-order valence-electron chi connectivity index (χ1n) is 14.8. The van der Waals surface area contributed by atoms with E-state index in [-0.39, 0.29) is 5.91 Å². The molecule has 1 fully saturated rings. The van der Waals surface area contributed by atoms with Crippen molar-refractivity contribution in [3.8, 4) is 0 Å². The molecule has 1 aliphatic rings. The topological polar surface area (TPSA) is 55.9 Å². The molecule has 1 saturated heterocycles. The molecule has 0 spiro atoms. The van der Waals surface area contributed by atoms with E-state index in [1.54, 1.807) is 0 Å². The van der Waals surface area contributed by atoms with E-state index in [9.17, 15) is 9.59 Å². The van der Waals surface area contributed by atoms with Crippen LogP contribution in [0.3, 0.4) is 0 Å². The number of Topliss-reactive ketones (excluding diaryl/α,β-unsaturated/α-hetero) is 1. The standard InChI is InChI=1S/C29H58N4O2/c1-5-17-28(34)19-12-10-8-6-7-9-11-18-27-26-29(35)30-20-15-23-31(2)21-13-14-22-32(3)24-16-25-33(27)4/h27H,5-26H2,1-4H3,(H,30,35). The third-order valence-electron chi connectivity index (χ3n) is 7.49. The van der Waals surface area contributed by atoms with Gasteiger partial charge < -0.3 is 20.0 Å². The van der Waals surface area contributed by atoms with Crippen LogP contribution in [0.15, 0.2) is 0 Å². The van der Waals surface area contributed by atoms with Crippen LogP contribution < -0.4 is 5.32 Å².